The molecule has 0 radical (unpaired) electrons. The Morgan fingerprint density at radius 3 is 2.55 bits per heavy atom. The van der Waals surface area contributed by atoms with Crippen LogP contribution in [0.2, 0.25) is 0 Å². The molecule has 0 spiro atoms. The molecule has 0 amide bonds. The Hall–Kier alpha value is -1.91. The smallest absolute Gasteiger partial charge is 0.171 e. The van der Waals surface area contributed by atoms with Gasteiger partial charge >= 0.3 is 0 Å². The number of carbonyl (C=O) groups excluding carboxylic acids is 1. The average Bonchev–Trinajstić information content (AvgIpc) is 2.69. The molecule has 2 aromatic rings. The molecule has 3 rings (SSSR count). The van der Waals surface area contributed by atoms with Crippen molar-refractivity contribution in [2.75, 3.05) is 18.0 Å². The SMILES string of the molecule is CC(C)Cn1nc(C=O)c2ccc(N3CCCCCC3)nc21. The first-order chi connectivity index (χ1) is 10.7. The van der Waals surface area contributed by atoms with Crippen molar-refractivity contribution in [1.82, 2.24) is 14.8 Å². The number of anilines is 1. The van der Waals surface area contributed by atoms with Gasteiger partial charge in [-0.25, -0.2) is 9.67 Å². The van der Waals surface area contributed by atoms with Crippen LogP contribution in [-0.2, 0) is 6.54 Å². The molecule has 2 aromatic heterocycles. The quantitative estimate of drug-likeness (QED) is 0.813. The standard InChI is InChI=1S/C17H24N4O/c1-13(2)11-21-17-14(15(12-22)19-21)7-8-16(18-17)20-9-5-3-4-6-10-20/h7-8,12-13H,3-6,9-11H2,1-2H3. The molecular weight excluding hydrogens is 276 g/mol. The topological polar surface area (TPSA) is 51.0 Å². The fourth-order valence-electron chi connectivity index (χ4n) is 3.10. The molecule has 22 heavy (non-hydrogen) atoms. The summed E-state index contributed by atoms with van der Waals surface area (Å²) in [6.07, 6.45) is 5.89. The molecule has 1 saturated heterocycles. The van der Waals surface area contributed by atoms with Crippen LogP contribution in [-0.4, -0.2) is 34.1 Å². The molecule has 0 N–H and O–H groups in total. The van der Waals surface area contributed by atoms with E-state index < -0.39 is 0 Å². The van der Waals surface area contributed by atoms with Crippen LogP contribution in [0.4, 0.5) is 5.82 Å². The fraction of sp³-hybridized carbons (Fsp3) is 0.588. The van der Waals surface area contributed by atoms with E-state index in [1.54, 1.807) is 0 Å². The van der Waals surface area contributed by atoms with E-state index in [4.69, 9.17) is 4.98 Å². The Morgan fingerprint density at radius 1 is 1.18 bits per heavy atom. The molecule has 3 heterocycles. The lowest BCUT2D eigenvalue weighted by Crippen LogP contribution is -2.25. The van der Waals surface area contributed by atoms with Crippen LogP contribution in [0.5, 0.6) is 0 Å². The van der Waals surface area contributed by atoms with Gasteiger partial charge in [-0.15, -0.1) is 0 Å². The van der Waals surface area contributed by atoms with Gasteiger partial charge in [0.15, 0.2) is 11.9 Å². The van der Waals surface area contributed by atoms with Crippen LogP contribution in [0.1, 0.15) is 50.0 Å². The number of aromatic nitrogens is 3. The molecule has 0 saturated carbocycles. The number of pyridine rings is 1. The summed E-state index contributed by atoms with van der Waals surface area (Å²) in [5.41, 5.74) is 1.32. The van der Waals surface area contributed by atoms with E-state index in [1.807, 2.05) is 16.8 Å². The highest BCUT2D eigenvalue weighted by Crippen LogP contribution is 2.23. The van der Waals surface area contributed by atoms with Gasteiger partial charge in [0.25, 0.3) is 0 Å². The number of hydrogen-bond donors (Lipinski definition) is 0. The predicted octanol–water partition coefficient (Wildman–Crippen LogP) is 3.28. The molecular formula is C17H24N4O. The first kappa shape index (κ1) is 15.0. The second-order valence-electron chi connectivity index (χ2n) is 6.52. The van der Waals surface area contributed by atoms with Crippen molar-refractivity contribution < 1.29 is 4.79 Å². The first-order valence-corrected chi connectivity index (χ1v) is 8.26. The number of hydrogen-bond acceptors (Lipinski definition) is 4. The van der Waals surface area contributed by atoms with E-state index in [1.165, 1.54) is 25.7 Å². The monoisotopic (exact) mass is 300 g/mol. The maximum atomic E-state index is 11.2. The molecule has 0 atom stereocenters. The molecule has 1 aliphatic heterocycles. The lowest BCUT2D eigenvalue weighted by atomic mass is 10.2. The Bertz CT molecular complexity index is 654. The second kappa shape index (κ2) is 6.46. The molecule has 0 bridgehead atoms. The minimum Gasteiger partial charge on any atom is -0.357 e. The summed E-state index contributed by atoms with van der Waals surface area (Å²) in [6.45, 7) is 7.20. The van der Waals surface area contributed by atoms with Crippen molar-refractivity contribution in [2.45, 2.75) is 46.1 Å². The Morgan fingerprint density at radius 2 is 1.91 bits per heavy atom. The van der Waals surface area contributed by atoms with Crippen molar-refractivity contribution >= 4 is 23.1 Å². The number of carbonyl (C=O) groups is 1. The summed E-state index contributed by atoms with van der Waals surface area (Å²) >= 11 is 0. The van der Waals surface area contributed by atoms with Crippen molar-refractivity contribution in [2.24, 2.45) is 5.92 Å². The molecule has 5 heteroatoms. The summed E-state index contributed by atoms with van der Waals surface area (Å²) in [7, 11) is 0. The molecule has 0 unspecified atom stereocenters. The zero-order chi connectivity index (χ0) is 15.5. The van der Waals surface area contributed by atoms with E-state index in [2.05, 4.69) is 23.8 Å². The van der Waals surface area contributed by atoms with Gasteiger partial charge in [-0.05, 0) is 30.9 Å². The summed E-state index contributed by atoms with van der Waals surface area (Å²) in [6, 6.07) is 4.03. The zero-order valence-corrected chi connectivity index (χ0v) is 13.5. The largest absolute Gasteiger partial charge is 0.357 e. The lowest BCUT2D eigenvalue weighted by molar-refractivity contribution is 0.111. The van der Waals surface area contributed by atoms with Gasteiger partial charge in [0.2, 0.25) is 0 Å². The van der Waals surface area contributed by atoms with E-state index in [-0.39, 0.29) is 0 Å². The van der Waals surface area contributed by atoms with Crippen LogP contribution < -0.4 is 4.90 Å². The number of aldehydes is 1. The van der Waals surface area contributed by atoms with Crippen LogP contribution in [0.15, 0.2) is 12.1 Å². The summed E-state index contributed by atoms with van der Waals surface area (Å²) < 4.78 is 1.88. The highest BCUT2D eigenvalue weighted by molar-refractivity contribution is 5.94. The van der Waals surface area contributed by atoms with Crippen molar-refractivity contribution in [3.8, 4) is 0 Å². The van der Waals surface area contributed by atoms with Crippen LogP contribution in [0.25, 0.3) is 11.0 Å². The van der Waals surface area contributed by atoms with Gasteiger partial charge in [-0.3, -0.25) is 4.79 Å². The summed E-state index contributed by atoms with van der Waals surface area (Å²) in [4.78, 5) is 18.4. The van der Waals surface area contributed by atoms with Crippen LogP contribution >= 0.6 is 0 Å². The zero-order valence-electron chi connectivity index (χ0n) is 13.5. The Balaban J connectivity index is 2.01. The lowest BCUT2D eigenvalue weighted by Gasteiger charge is -2.21. The molecule has 0 aliphatic carbocycles. The highest BCUT2D eigenvalue weighted by atomic mass is 16.1. The van der Waals surface area contributed by atoms with Crippen LogP contribution in [0, 0.1) is 5.92 Å². The summed E-state index contributed by atoms with van der Waals surface area (Å²) in [5, 5.41) is 5.28. The number of rotatable bonds is 4. The van der Waals surface area contributed by atoms with E-state index in [9.17, 15) is 4.79 Å². The van der Waals surface area contributed by atoms with Gasteiger partial charge in [0, 0.05) is 25.0 Å². The van der Waals surface area contributed by atoms with Crippen molar-refractivity contribution in [3.05, 3.63) is 17.8 Å². The molecule has 1 aliphatic rings. The third-order valence-corrected chi connectivity index (χ3v) is 4.19. The van der Waals surface area contributed by atoms with Crippen LogP contribution in [0.3, 0.4) is 0 Å². The first-order valence-electron chi connectivity index (χ1n) is 8.26. The van der Waals surface area contributed by atoms with Gasteiger partial charge in [-0.1, -0.05) is 26.7 Å². The average molecular weight is 300 g/mol. The van der Waals surface area contributed by atoms with Gasteiger partial charge in [0.05, 0.1) is 0 Å². The normalized spacial score (nSPS) is 16.2. The van der Waals surface area contributed by atoms with Gasteiger partial charge < -0.3 is 4.90 Å². The second-order valence-corrected chi connectivity index (χ2v) is 6.52. The Kier molecular flexibility index (Phi) is 4.41. The number of nitrogens with zero attached hydrogens (tertiary/aromatic N) is 4. The minimum atomic E-state index is 0.464. The molecule has 118 valence electrons. The van der Waals surface area contributed by atoms with E-state index in [0.29, 0.717) is 11.6 Å². The summed E-state index contributed by atoms with van der Waals surface area (Å²) in [5.74, 6) is 1.47. The molecule has 1 fully saturated rings. The molecule has 5 nitrogen and oxygen atoms in total. The third kappa shape index (κ3) is 2.98. The predicted molar refractivity (Wildman–Crippen MR) is 88.4 cm³/mol. The maximum Gasteiger partial charge on any atom is 0.171 e. The van der Waals surface area contributed by atoms with Crippen molar-refractivity contribution in [3.63, 3.8) is 0 Å². The van der Waals surface area contributed by atoms with E-state index in [0.717, 1.165) is 42.8 Å². The van der Waals surface area contributed by atoms with E-state index >= 15 is 0 Å². The number of fused-ring (bicyclic) bond motifs is 1. The maximum absolute atomic E-state index is 11.2. The highest BCUT2D eigenvalue weighted by Gasteiger charge is 2.16. The Labute approximate surface area is 131 Å². The van der Waals surface area contributed by atoms with Gasteiger partial charge in [-0.2, -0.15) is 5.10 Å². The fourth-order valence-corrected chi connectivity index (χ4v) is 3.10. The van der Waals surface area contributed by atoms with Gasteiger partial charge in [0.1, 0.15) is 11.5 Å². The van der Waals surface area contributed by atoms with Crippen molar-refractivity contribution in [1.29, 1.82) is 0 Å². The molecule has 0 aromatic carbocycles. The minimum absolute atomic E-state index is 0.464. The third-order valence-electron chi connectivity index (χ3n) is 4.19.